The van der Waals surface area contributed by atoms with Gasteiger partial charge in [-0.1, -0.05) is 48.3 Å². The number of rotatable bonds is 5. The highest BCUT2D eigenvalue weighted by Gasteiger charge is 2.31. The fourth-order valence-corrected chi connectivity index (χ4v) is 6.12. The highest BCUT2D eigenvalue weighted by atomic mass is 35.5. The molecule has 2 aliphatic heterocycles. The van der Waals surface area contributed by atoms with Gasteiger partial charge in [0.1, 0.15) is 5.76 Å². The zero-order chi connectivity index (χ0) is 31.0. The standard InChI is InChI=1S/C31H30Cl2N8O3/c1-18-4-3-5-27(24-12-21(8-10-34-24)30-25(36-31(18)44)15-35-41(30)16-19(2)42)39-11-9-20(13-29(39)43)23-14-22(32)6-7-26(23)40-17-28(33)37-38-40/h6-8,10,12-15,17-18,27,42H,2-5,9,11,16H2,1H3,(H,36,44)/t18-,27+/m1/s1. The van der Waals surface area contributed by atoms with E-state index in [0.29, 0.717) is 54.3 Å². The van der Waals surface area contributed by atoms with E-state index in [1.807, 2.05) is 36.1 Å². The summed E-state index contributed by atoms with van der Waals surface area (Å²) in [4.78, 5) is 33.5. The van der Waals surface area contributed by atoms with Crippen LogP contribution in [0.1, 0.15) is 49.9 Å². The van der Waals surface area contributed by atoms with Crippen LogP contribution in [0.2, 0.25) is 10.2 Å². The van der Waals surface area contributed by atoms with E-state index >= 15 is 0 Å². The molecule has 2 atom stereocenters. The molecular formula is C31H30Cl2N8O3. The highest BCUT2D eigenvalue weighted by Crippen LogP contribution is 2.37. The summed E-state index contributed by atoms with van der Waals surface area (Å²) in [6.45, 7) is 6.01. The van der Waals surface area contributed by atoms with E-state index in [0.717, 1.165) is 22.4 Å². The molecule has 2 aliphatic rings. The fourth-order valence-electron chi connectivity index (χ4n) is 5.82. The monoisotopic (exact) mass is 632 g/mol. The fraction of sp³-hybridized carbons (Fsp3) is 0.290. The summed E-state index contributed by atoms with van der Waals surface area (Å²) in [6, 6.07) is 8.82. The van der Waals surface area contributed by atoms with Crippen LogP contribution in [0.25, 0.3) is 22.5 Å². The predicted octanol–water partition coefficient (Wildman–Crippen LogP) is 6.02. The lowest BCUT2D eigenvalue weighted by Gasteiger charge is -2.34. The first-order valence-corrected chi connectivity index (χ1v) is 15.0. The number of nitrogens with one attached hydrogen (secondary N) is 1. The summed E-state index contributed by atoms with van der Waals surface area (Å²) >= 11 is 12.4. The van der Waals surface area contributed by atoms with Gasteiger partial charge in [0, 0.05) is 40.9 Å². The van der Waals surface area contributed by atoms with E-state index in [1.54, 1.807) is 40.1 Å². The molecule has 226 valence electrons. The molecule has 1 aromatic carbocycles. The second-order valence-electron chi connectivity index (χ2n) is 11.0. The van der Waals surface area contributed by atoms with Gasteiger partial charge in [-0.25, -0.2) is 4.68 Å². The molecule has 44 heavy (non-hydrogen) atoms. The maximum absolute atomic E-state index is 13.9. The summed E-state index contributed by atoms with van der Waals surface area (Å²) in [5, 5.41) is 26.1. The van der Waals surface area contributed by atoms with Gasteiger partial charge >= 0.3 is 0 Å². The number of allylic oxidation sites excluding steroid dienone is 1. The van der Waals surface area contributed by atoms with Crippen LogP contribution in [0, 0.1) is 5.92 Å². The molecule has 0 saturated carbocycles. The van der Waals surface area contributed by atoms with E-state index in [4.69, 9.17) is 28.2 Å². The first-order valence-electron chi connectivity index (χ1n) is 14.3. The number of benzene rings is 1. The molecular weight excluding hydrogens is 603 g/mol. The molecule has 3 aromatic heterocycles. The van der Waals surface area contributed by atoms with Crippen LogP contribution in [0.4, 0.5) is 5.69 Å². The smallest absolute Gasteiger partial charge is 0.247 e. The number of pyridine rings is 1. The summed E-state index contributed by atoms with van der Waals surface area (Å²) in [5.74, 6) is -0.593. The predicted molar refractivity (Wildman–Crippen MR) is 167 cm³/mol. The number of anilines is 1. The zero-order valence-electron chi connectivity index (χ0n) is 24.0. The number of carbonyl (C=O) groups excluding carboxylic acids is 2. The van der Waals surface area contributed by atoms with Crippen LogP contribution in [0.5, 0.6) is 0 Å². The maximum Gasteiger partial charge on any atom is 0.247 e. The summed E-state index contributed by atoms with van der Waals surface area (Å²) < 4.78 is 3.16. The minimum atomic E-state index is -0.324. The zero-order valence-corrected chi connectivity index (χ0v) is 25.5. The van der Waals surface area contributed by atoms with Gasteiger partial charge in [-0.05, 0) is 55.2 Å². The SMILES string of the molecule is C=C(O)Cn1ncc2c1-c1ccnc(c1)[C@@H](N1CCC(c3cc(Cl)ccc3-n3cc(Cl)nn3)=CC1=O)CCC[C@@H](C)C(=O)N2. The van der Waals surface area contributed by atoms with Gasteiger partial charge in [0.25, 0.3) is 0 Å². The molecule has 0 saturated heterocycles. The summed E-state index contributed by atoms with van der Waals surface area (Å²) in [6.07, 6.45) is 9.07. The molecule has 4 aromatic rings. The van der Waals surface area contributed by atoms with Crippen LogP contribution in [-0.4, -0.2) is 58.1 Å². The van der Waals surface area contributed by atoms with Gasteiger partial charge in [-0.15, -0.1) is 5.10 Å². The van der Waals surface area contributed by atoms with Crippen molar-refractivity contribution in [2.75, 3.05) is 11.9 Å². The second kappa shape index (κ2) is 12.3. The number of carbonyl (C=O) groups is 2. The van der Waals surface area contributed by atoms with Crippen LogP contribution in [-0.2, 0) is 16.1 Å². The molecule has 5 heterocycles. The third-order valence-electron chi connectivity index (χ3n) is 7.98. The lowest BCUT2D eigenvalue weighted by Crippen LogP contribution is -2.38. The average molecular weight is 634 g/mol. The van der Waals surface area contributed by atoms with Crippen molar-refractivity contribution >= 4 is 46.3 Å². The molecule has 2 amide bonds. The Balaban J connectivity index is 1.37. The Hall–Kier alpha value is -4.48. The Morgan fingerprint density at radius 3 is 2.77 bits per heavy atom. The molecule has 6 rings (SSSR count). The molecule has 11 nitrogen and oxygen atoms in total. The van der Waals surface area contributed by atoms with Crippen molar-refractivity contribution in [2.24, 2.45) is 5.92 Å². The molecule has 2 N–H and O–H groups in total. The number of hydrogen-bond acceptors (Lipinski definition) is 7. The Morgan fingerprint density at radius 1 is 1.18 bits per heavy atom. The van der Waals surface area contributed by atoms with E-state index < -0.39 is 0 Å². The van der Waals surface area contributed by atoms with E-state index in [-0.39, 0.29) is 41.2 Å². The second-order valence-corrected chi connectivity index (χ2v) is 11.9. The number of aliphatic hydroxyl groups is 1. The Morgan fingerprint density at radius 2 is 2.02 bits per heavy atom. The molecule has 2 bridgehead atoms. The normalized spacial score (nSPS) is 19.0. The van der Waals surface area contributed by atoms with Crippen molar-refractivity contribution in [1.82, 2.24) is 34.7 Å². The van der Waals surface area contributed by atoms with Gasteiger partial charge in [-0.2, -0.15) is 5.10 Å². The van der Waals surface area contributed by atoms with Gasteiger partial charge < -0.3 is 15.3 Å². The van der Waals surface area contributed by atoms with Crippen molar-refractivity contribution < 1.29 is 14.7 Å². The first-order chi connectivity index (χ1) is 21.2. The number of hydrogen-bond donors (Lipinski definition) is 2. The van der Waals surface area contributed by atoms with E-state index in [2.05, 4.69) is 27.3 Å². The molecule has 0 radical (unpaired) electrons. The molecule has 0 fully saturated rings. The van der Waals surface area contributed by atoms with Gasteiger partial charge in [-0.3, -0.25) is 19.3 Å². The molecule has 0 spiro atoms. The van der Waals surface area contributed by atoms with Crippen LogP contribution in [0.3, 0.4) is 0 Å². The number of halogens is 2. The molecule has 0 aliphatic carbocycles. The summed E-state index contributed by atoms with van der Waals surface area (Å²) in [7, 11) is 0. The maximum atomic E-state index is 13.9. The van der Waals surface area contributed by atoms with Crippen molar-refractivity contribution in [2.45, 2.75) is 45.2 Å². The van der Waals surface area contributed by atoms with Crippen LogP contribution in [0.15, 0.2) is 67.3 Å². The Kier molecular flexibility index (Phi) is 8.24. The van der Waals surface area contributed by atoms with Gasteiger partial charge in [0.05, 0.1) is 47.7 Å². The van der Waals surface area contributed by atoms with E-state index in [9.17, 15) is 14.7 Å². The van der Waals surface area contributed by atoms with Crippen molar-refractivity contribution in [3.8, 4) is 16.9 Å². The van der Waals surface area contributed by atoms with Crippen LogP contribution >= 0.6 is 23.2 Å². The Bertz CT molecular complexity index is 1800. The number of nitrogens with zero attached hydrogens (tertiary/aromatic N) is 7. The van der Waals surface area contributed by atoms with Crippen molar-refractivity contribution in [3.05, 3.63) is 88.8 Å². The lowest BCUT2D eigenvalue weighted by atomic mass is 9.93. The quantitative estimate of drug-likeness (QED) is 0.257. The largest absolute Gasteiger partial charge is 0.511 e. The Labute approximate surface area is 263 Å². The molecule has 0 unspecified atom stereocenters. The highest BCUT2D eigenvalue weighted by molar-refractivity contribution is 6.31. The minimum absolute atomic E-state index is 0.0618. The van der Waals surface area contributed by atoms with E-state index in [1.165, 1.54) is 0 Å². The molecule has 13 heteroatoms. The third kappa shape index (κ3) is 5.97. The minimum Gasteiger partial charge on any atom is -0.511 e. The third-order valence-corrected chi connectivity index (χ3v) is 8.39. The number of fused-ring (bicyclic) bond motifs is 4. The summed E-state index contributed by atoms with van der Waals surface area (Å²) in [5.41, 5.74) is 4.95. The topological polar surface area (TPSA) is 131 Å². The average Bonchev–Trinajstić information content (AvgIpc) is 3.60. The number of amides is 2. The van der Waals surface area contributed by atoms with Crippen molar-refractivity contribution in [3.63, 3.8) is 0 Å². The first kappa shape index (κ1) is 29.6. The van der Waals surface area contributed by atoms with Gasteiger partial charge in [0.2, 0.25) is 11.8 Å². The number of aliphatic hydroxyl groups excluding tert-OH is 1. The number of aromatic nitrogens is 6. The lowest BCUT2D eigenvalue weighted by molar-refractivity contribution is -0.129. The van der Waals surface area contributed by atoms with Crippen LogP contribution < -0.4 is 5.32 Å². The van der Waals surface area contributed by atoms with Crippen molar-refractivity contribution in [1.29, 1.82) is 0 Å². The van der Waals surface area contributed by atoms with Gasteiger partial charge in [0.15, 0.2) is 5.15 Å².